The van der Waals surface area contributed by atoms with E-state index in [1.54, 1.807) is 0 Å². The number of nitrogens with zero attached hydrogens (tertiary/aromatic N) is 1. The average molecular weight is 327 g/mol. The Balaban J connectivity index is 1.73. The van der Waals surface area contributed by atoms with Crippen molar-refractivity contribution in [3.05, 3.63) is 59.1 Å². The number of hydrogen-bond acceptors (Lipinski definition) is 2. The lowest BCUT2D eigenvalue weighted by atomic mass is 9.98. The minimum atomic E-state index is 0.0724. The molecular weight excluding hydrogens is 308 g/mol. The van der Waals surface area contributed by atoms with Crippen LogP contribution in [0.25, 0.3) is 11.1 Å². The van der Waals surface area contributed by atoms with Crippen LogP contribution in [0.15, 0.2) is 48.5 Å². The van der Waals surface area contributed by atoms with Gasteiger partial charge in [-0.05, 0) is 36.0 Å². The maximum absolute atomic E-state index is 13.1. The lowest BCUT2D eigenvalue weighted by Gasteiger charge is -2.27. The summed E-state index contributed by atoms with van der Waals surface area (Å²) >= 11 is 6.34. The molecule has 2 aromatic carbocycles. The number of halogens is 1. The summed E-state index contributed by atoms with van der Waals surface area (Å²) in [7, 11) is 0. The van der Waals surface area contributed by atoms with E-state index in [-0.39, 0.29) is 11.9 Å². The molecule has 0 radical (unpaired) electrons. The van der Waals surface area contributed by atoms with E-state index in [0.29, 0.717) is 29.0 Å². The fourth-order valence-corrected chi connectivity index (χ4v) is 4.08. The highest BCUT2D eigenvalue weighted by atomic mass is 35.5. The minimum Gasteiger partial charge on any atom is -0.334 e. The largest absolute Gasteiger partial charge is 0.334 e. The van der Waals surface area contributed by atoms with Crippen LogP contribution in [0.5, 0.6) is 0 Å². The first-order valence-corrected chi connectivity index (χ1v) is 8.43. The van der Waals surface area contributed by atoms with Gasteiger partial charge in [0.25, 0.3) is 5.91 Å². The van der Waals surface area contributed by atoms with E-state index in [1.165, 1.54) is 6.42 Å². The summed E-state index contributed by atoms with van der Waals surface area (Å²) in [6.45, 7) is 1.38. The minimum absolute atomic E-state index is 0.0724. The second-order valence-corrected chi connectivity index (χ2v) is 6.85. The van der Waals surface area contributed by atoms with Crippen LogP contribution in [0.1, 0.15) is 16.8 Å². The fourth-order valence-electron chi connectivity index (χ4n) is 3.85. The van der Waals surface area contributed by atoms with Crippen molar-refractivity contribution in [2.75, 3.05) is 13.1 Å². The van der Waals surface area contributed by atoms with Gasteiger partial charge in [-0.25, -0.2) is 0 Å². The van der Waals surface area contributed by atoms with E-state index in [9.17, 15) is 4.79 Å². The lowest BCUT2D eigenvalue weighted by Crippen LogP contribution is -2.42. The number of piperidine rings is 1. The molecule has 1 saturated carbocycles. The van der Waals surface area contributed by atoms with Gasteiger partial charge >= 0.3 is 0 Å². The molecule has 3 atom stereocenters. The molecule has 1 amide bonds. The molecule has 0 aromatic heterocycles. The van der Waals surface area contributed by atoms with Crippen LogP contribution < -0.4 is 5.73 Å². The second kappa shape index (κ2) is 5.66. The number of benzene rings is 2. The molecule has 0 bridgehead atoms. The summed E-state index contributed by atoms with van der Waals surface area (Å²) in [5.74, 6) is 1.33. The number of carbonyl (C=O) groups excluding carboxylic acids is 1. The maximum Gasteiger partial charge on any atom is 0.254 e. The smallest absolute Gasteiger partial charge is 0.254 e. The first-order valence-electron chi connectivity index (χ1n) is 8.05. The molecule has 3 nitrogen and oxygen atoms in total. The van der Waals surface area contributed by atoms with Gasteiger partial charge < -0.3 is 10.6 Å². The zero-order chi connectivity index (χ0) is 16.0. The third kappa shape index (κ3) is 2.44. The fraction of sp³-hybridized carbons (Fsp3) is 0.316. The zero-order valence-corrected chi connectivity index (χ0v) is 13.5. The van der Waals surface area contributed by atoms with Crippen molar-refractivity contribution in [1.82, 2.24) is 4.90 Å². The van der Waals surface area contributed by atoms with Gasteiger partial charge in [-0.2, -0.15) is 0 Å². The summed E-state index contributed by atoms with van der Waals surface area (Å²) < 4.78 is 0. The maximum atomic E-state index is 13.1. The first kappa shape index (κ1) is 14.7. The van der Waals surface area contributed by atoms with Crippen LogP contribution >= 0.6 is 11.6 Å². The number of hydrogen-bond donors (Lipinski definition) is 1. The number of likely N-dealkylation sites (tertiary alicyclic amines) is 1. The molecule has 118 valence electrons. The Morgan fingerprint density at radius 3 is 2.57 bits per heavy atom. The Morgan fingerprint density at radius 2 is 1.83 bits per heavy atom. The lowest BCUT2D eigenvalue weighted by molar-refractivity contribution is 0.0713. The van der Waals surface area contributed by atoms with Crippen molar-refractivity contribution < 1.29 is 4.79 Å². The third-order valence-corrected chi connectivity index (χ3v) is 5.46. The van der Waals surface area contributed by atoms with Crippen molar-refractivity contribution in [3.8, 4) is 11.1 Å². The SMILES string of the molecule is NC[C@@H]1[C@@H]2C[C@@H]2CN1C(=O)c1ccccc1-c1ccccc1Cl. The van der Waals surface area contributed by atoms with Crippen LogP contribution in [0, 0.1) is 11.8 Å². The number of rotatable bonds is 3. The monoisotopic (exact) mass is 326 g/mol. The van der Waals surface area contributed by atoms with Gasteiger partial charge in [0.15, 0.2) is 0 Å². The number of fused-ring (bicyclic) bond motifs is 1. The number of amides is 1. The summed E-state index contributed by atoms with van der Waals surface area (Å²) in [5.41, 5.74) is 8.41. The molecule has 2 fully saturated rings. The van der Waals surface area contributed by atoms with Crippen molar-refractivity contribution in [3.63, 3.8) is 0 Å². The van der Waals surface area contributed by atoms with E-state index >= 15 is 0 Å². The van der Waals surface area contributed by atoms with E-state index in [0.717, 1.165) is 17.7 Å². The van der Waals surface area contributed by atoms with E-state index < -0.39 is 0 Å². The molecule has 0 unspecified atom stereocenters. The van der Waals surface area contributed by atoms with Crippen LogP contribution in [-0.4, -0.2) is 29.9 Å². The molecule has 1 aliphatic carbocycles. The average Bonchev–Trinajstić information content (AvgIpc) is 3.25. The summed E-state index contributed by atoms with van der Waals surface area (Å²) in [6.07, 6.45) is 1.22. The molecule has 2 N–H and O–H groups in total. The topological polar surface area (TPSA) is 46.3 Å². The molecular formula is C19H19ClN2O. The predicted octanol–water partition coefficient (Wildman–Crippen LogP) is 3.43. The third-order valence-electron chi connectivity index (χ3n) is 5.13. The summed E-state index contributed by atoms with van der Waals surface area (Å²) in [6, 6.07) is 15.5. The summed E-state index contributed by atoms with van der Waals surface area (Å²) in [4.78, 5) is 15.1. The molecule has 4 rings (SSSR count). The Labute approximate surface area is 141 Å². The molecule has 23 heavy (non-hydrogen) atoms. The molecule has 2 aromatic rings. The second-order valence-electron chi connectivity index (χ2n) is 6.45. The number of carbonyl (C=O) groups is 1. The van der Waals surface area contributed by atoms with Crippen LogP contribution in [0.2, 0.25) is 5.02 Å². The first-order chi connectivity index (χ1) is 11.2. The van der Waals surface area contributed by atoms with Gasteiger partial charge in [0.05, 0.1) is 0 Å². The molecule has 1 aliphatic heterocycles. The van der Waals surface area contributed by atoms with E-state index in [2.05, 4.69) is 0 Å². The van der Waals surface area contributed by atoms with Gasteiger partial charge in [-0.1, -0.05) is 48.0 Å². The van der Waals surface area contributed by atoms with Crippen LogP contribution in [0.4, 0.5) is 0 Å². The standard InChI is InChI=1S/C19H19ClN2O/c20-17-8-4-3-6-14(17)13-5-1-2-7-15(13)19(23)22-11-12-9-16(12)18(22)10-21/h1-8,12,16,18H,9-11,21H2/t12-,16-,18-/m1/s1. The highest BCUT2D eigenvalue weighted by molar-refractivity contribution is 6.33. The van der Waals surface area contributed by atoms with Crippen molar-refractivity contribution in [1.29, 1.82) is 0 Å². The van der Waals surface area contributed by atoms with Crippen molar-refractivity contribution >= 4 is 17.5 Å². The zero-order valence-electron chi connectivity index (χ0n) is 12.8. The van der Waals surface area contributed by atoms with Crippen molar-refractivity contribution in [2.24, 2.45) is 17.6 Å². The summed E-state index contributed by atoms with van der Waals surface area (Å²) in [5, 5.41) is 0.660. The van der Waals surface area contributed by atoms with Gasteiger partial charge in [0, 0.05) is 35.3 Å². The molecule has 1 heterocycles. The molecule has 0 spiro atoms. The Kier molecular flexibility index (Phi) is 3.63. The Bertz CT molecular complexity index is 761. The molecule has 2 aliphatic rings. The van der Waals surface area contributed by atoms with Gasteiger partial charge in [-0.15, -0.1) is 0 Å². The predicted molar refractivity (Wildman–Crippen MR) is 92.4 cm³/mol. The normalized spacial score (nSPS) is 25.3. The quantitative estimate of drug-likeness (QED) is 0.939. The Hall–Kier alpha value is -1.84. The van der Waals surface area contributed by atoms with Gasteiger partial charge in [0.1, 0.15) is 0 Å². The molecule has 4 heteroatoms. The van der Waals surface area contributed by atoms with E-state index in [1.807, 2.05) is 53.4 Å². The van der Waals surface area contributed by atoms with Gasteiger partial charge in [0.2, 0.25) is 0 Å². The number of nitrogens with two attached hydrogens (primary N) is 1. The van der Waals surface area contributed by atoms with Crippen molar-refractivity contribution in [2.45, 2.75) is 12.5 Å². The highest BCUT2D eigenvalue weighted by Gasteiger charge is 2.53. The van der Waals surface area contributed by atoms with Crippen LogP contribution in [0.3, 0.4) is 0 Å². The van der Waals surface area contributed by atoms with E-state index in [4.69, 9.17) is 17.3 Å². The Morgan fingerprint density at radius 1 is 1.13 bits per heavy atom. The highest BCUT2D eigenvalue weighted by Crippen LogP contribution is 2.49. The van der Waals surface area contributed by atoms with Gasteiger partial charge in [-0.3, -0.25) is 4.79 Å². The van der Waals surface area contributed by atoms with Crippen LogP contribution in [-0.2, 0) is 0 Å². The molecule has 1 saturated heterocycles.